The molecule has 69 heavy (non-hydrogen) atoms. The third kappa shape index (κ3) is 12.5. The van der Waals surface area contributed by atoms with Crippen LogP contribution in [-0.4, -0.2) is 71.9 Å². The van der Waals surface area contributed by atoms with Gasteiger partial charge in [0, 0.05) is 35.8 Å². The number of carbonyl (C=O) groups excluding carboxylic acids is 1. The molecule has 360 valence electrons. The molecular weight excluding hydrogens is 894 g/mol. The lowest BCUT2D eigenvalue weighted by Crippen LogP contribution is -2.39. The number of ether oxygens (including phenoxy) is 5. The number of nitriles is 1. The van der Waals surface area contributed by atoms with E-state index < -0.39 is 44.2 Å². The van der Waals surface area contributed by atoms with Gasteiger partial charge in [-0.05, 0) is 86.3 Å². The summed E-state index contributed by atoms with van der Waals surface area (Å²) >= 11 is 0. The Morgan fingerprint density at radius 1 is 0.826 bits per heavy atom. The Balaban J connectivity index is 1.30. The molecule has 1 aliphatic heterocycles. The fourth-order valence-corrected chi connectivity index (χ4v) is 10.1. The van der Waals surface area contributed by atoms with Crippen molar-refractivity contribution in [2.75, 3.05) is 32.8 Å². The number of hydrogen-bond donors (Lipinski definition) is 1. The van der Waals surface area contributed by atoms with Crippen molar-refractivity contribution in [1.82, 2.24) is 14.2 Å². The number of rotatable bonds is 23. The van der Waals surface area contributed by atoms with Crippen LogP contribution < -0.4 is 20.5 Å². The second-order valence-electron chi connectivity index (χ2n) is 17.0. The predicted molar refractivity (Wildman–Crippen MR) is 265 cm³/mol. The third-order valence-corrected chi connectivity index (χ3v) is 13.8. The van der Waals surface area contributed by atoms with E-state index in [-0.39, 0.29) is 57.2 Å². The van der Waals surface area contributed by atoms with Crippen LogP contribution in [0.2, 0.25) is 0 Å². The summed E-state index contributed by atoms with van der Waals surface area (Å²) in [5.41, 5.74) is 2.49. The topological polar surface area (TPSA) is 156 Å². The second kappa shape index (κ2) is 24.3. The van der Waals surface area contributed by atoms with E-state index in [1.165, 1.54) is 4.57 Å². The van der Waals surface area contributed by atoms with E-state index in [1.54, 1.807) is 44.7 Å². The molecule has 5 aromatic carbocycles. The van der Waals surface area contributed by atoms with Crippen LogP contribution in [0, 0.1) is 11.3 Å². The maximum absolute atomic E-state index is 14.3. The van der Waals surface area contributed by atoms with Crippen molar-refractivity contribution in [2.45, 2.75) is 89.9 Å². The van der Waals surface area contributed by atoms with Gasteiger partial charge < -0.3 is 38.0 Å². The lowest BCUT2D eigenvalue weighted by molar-refractivity contribution is -0.0926. The molecule has 1 fully saturated rings. The van der Waals surface area contributed by atoms with Crippen LogP contribution in [0.4, 0.5) is 5.82 Å². The minimum Gasteiger partial charge on any atom is -0.497 e. The van der Waals surface area contributed by atoms with Gasteiger partial charge in [-0.2, -0.15) is 10.2 Å². The molecule has 0 radical (unpaired) electrons. The average molecular weight is 954 g/mol. The van der Waals surface area contributed by atoms with E-state index in [1.807, 2.05) is 115 Å². The molecule has 1 aliphatic rings. The predicted octanol–water partition coefficient (Wildman–Crippen LogP) is 10.2. The van der Waals surface area contributed by atoms with Gasteiger partial charge in [-0.3, -0.25) is 9.36 Å². The van der Waals surface area contributed by atoms with Gasteiger partial charge in [0.25, 0.3) is 14.4 Å². The van der Waals surface area contributed by atoms with Crippen molar-refractivity contribution >= 4 is 20.3 Å². The van der Waals surface area contributed by atoms with Gasteiger partial charge in [0.1, 0.15) is 35.2 Å². The monoisotopic (exact) mass is 953 g/mol. The highest BCUT2D eigenvalue weighted by molar-refractivity contribution is 7.44. The Labute approximate surface area is 405 Å². The third-order valence-electron chi connectivity index (χ3n) is 11.7. The molecule has 1 aromatic heterocycles. The lowest BCUT2D eigenvalue weighted by Gasteiger charge is -2.39. The standard InChI is InChI=1S/C54H60N5O9P/c1-38(2)59(39(3)4)69(66-32-16-31-55)68-48-33-50(58-34-42(36-64-35-40-17-10-7-11-18-40)51(57-53(58)61)56-52(60)41-19-12-8-13-20-41)67-49(48)37-65-54(43-21-14-9-15-22-43,44-23-27-46(62-5)28-24-44)45-25-29-47(63-6)30-26-45/h7-15,17-30,34,38-39,48-50H,16,32-33,35-37H2,1-6H3,(H,56,57,60,61)/t48-,49+,50+,69?/m0/s1. The summed E-state index contributed by atoms with van der Waals surface area (Å²) in [4.78, 5) is 32.2. The molecule has 4 atom stereocenters. The highest BCUT2D eigenvalue weighted by Crippen LogP contribution is 2.51. The number of methoxy groups -OCH3 is 2. The summed E-state index contributed by atoms with van der Waals surface area (Å²) in [5.74, 6) is 1.03. The molecule has 1 amide bonds. The number of carbonyl (C=O) groups is 1. The fraction of sp³-hybridized carbons (Fsp3) is 0.333. The molecule has 15 heteroatoms. The summed E-state index contributed by atoms with van der Waals surface area (Å²) in [6.45, 7) is 8.74. The Bertz CT molecular complexity index is 2590. The zero-order valence-electron chi connectivity index (χ0n) is 39.9. The first-order valence-electron chi connectivity index (χ1n) is 23.0. The minimum absolute atomic E-state index is 0.0146. The van der Waals surface area contributed by atoms with E-state index >= 15 is 0 Å². The number of aromatic nitrogens is 2. The molecule has 7 rings (SSSR count). The number of amides is 1. The first kappa shape index (κ1) is 50.6. The molecule has 6 aromatic rings. The van der Waals surface area contributed by atoms with Crippen LogP contribution in [0.15, 0.2) is 151 Å². The van der Waals surface area contributed by atoms with E-state index in [2.05, 4.69) is 48.7 Å². The minimum atomic E-state index is -1.75. The van der Waals surface area contributed by atoms with Crippen LogP contribution in [0.3, 0.4) is 0 Å². The summed E-state index contributed by atoms with van der Waals surface area (Å²) in [7, 11) is 1.50. The van der Waals surface area contributed by atoms with Crippen LogP contribution in [-0.2, 0) is 42.1 Å². The number of anilines is 1. The van der Waals surface area contributed by atoms with Crippen molar-refractivity contribution in [2.24, 2.45) is 0 Å². The Morgan fingerprint density at radius 3 is 1.96 bits per heavy atom. The Kier molecular flexibility index (Phi) is 17.8. The molecule has 1 unspecified atom stereocenters. The van der Waals surface area contributed by atoms with Gasteiger partial charge in [-0.1, -0.05) is 103 Å². The van der Waals surface area contributed by atoms with E-state index in [4.69, 9.17) is 32.7 Å². The van der Waals surface area contributed by atoms with E-state index in [0.29, 0.717) is 22.6 Å². The average Bonchev–Trinajstić information content (AvgIpc) is 3.77. The van der Waals surface area contributed by atoms with Gasteiger partial charge in [0.2, 0.25) is 0 Å². The smallest absolute Gasteiger partial charge is 0.351 e. The molecule has 0 saturated carbocycles. The second-order valence-corrected chi connectivity index (χ2v) is 18.4. The molecule has 0 aliphatic carbocycles. The maximum atomic E-state index is 14.3. The van der Waals surface area contributed by atoms with Crippen LogP contribution in [0.5, 0.6) is 11.5 Å². The molecule has 14 nitrogen and oxygen atoms in total. The Morgan fingerprint density at radius 2 is 1.39 bits per heavy atom. The number of nitrogens with zero attached hydrogens (tertiary/aromatic N) is 4. The van der Waals surface area contributed by atoms with Crippen LogP contribution in [0.1, 0.15) is 84.9 Å². The van der Waals surface area contributed by atoms with Gasteiger partial charge in [-0.25, -0.2) is 9.46 Å². The molecule has 0 bridgehead atoms. The molecule has 0 spiro atoms. The van der Waals surface area contributed by atoms with Crippen molar-refractivity contribution in [3.63, 3.8) is 0 Å². The molecule has 2 heterocycles. The van der Waals surface area contributed by atoms with Crippen molar-refractivity contribution in [3.05, 3.63) is 190 Å². The molecule has 1 N–H and O–H groups in total. The number of nitrogens with one attached hydrogen (secondary N) is 1. The number of hydrogen-bond acceptors (Lipinski definition) is 12. The lowest BCUT2D eigenvalue weighted by atomic mass is 9.80. The normalized spacial score (nSPS) is 16.4. The van der Waals surface area contributed by atoms with Crippen molar-refractivity contribution in [1.29, 1.82) is 5.26 Å². The van der Waals surface area contributed by atoms with Gasteiger partial charge in [-0.15, -0.1) is 0 Å². The van der Waals surface area contributed by atoms with Crippen molar-refractivity contribution < 1.29 is 37.5 Å². The van der Waals surface area contributed by atoms with Crippen LogP contribution >= 0.6 is 8.53 Å². The number of benzene rings is 5. The van der Waals surface area contributed by atoms with Gasteiger partial charge in [0.05, 0.1) is 59.2 Å². The molecule has 1 saturated heterocycles. The largest absolute Gasteiger partial charge is 0.497 e. The Hall–Kier alpha value is -6.27. The van der Waals surface area contributed by atoms with Gasteiger partial charge in [0.15, 0.2) is 0 Å². The zero-order chi connectivity index (χ0) is 48.8. The molecular formula is C54H60N5O9P. The first-order chi connectivity index (χ1) is 33.5. The summed E-state index contributed by atoms with van der Waals surface area (Å²) in [5, 5.41) is 12.3. The van der Waals surface area contributed by atoms with E-state index in [0.717, 1.165) is 22.3 Å². The van der Waals surface area contributed by atoms with Crippen molar-refractivity contribution in [3.8, 4) is 17.6 Å². The summed E-state index contributed by atoms with van der Waals surface area (Å²) < 4.78 is 48.7. The summed E-state index contributed by atoms with van der Waals surface area (Å²) in [6, 6.07) is 46.1. The first-order valence-corrected chi connectivity index (χ1v) is 24.2. The van der Waals surface area contributed by atoms with Crippen LogP contribution in [0.25, 0.3) is 0 Å². The highest BCUT2D eigenvalue weighted by atomic mass is 31.2. The maximum Gasteiger partial charge on any atom is 0.351 e. The van der Waals surface area contributed by atoms with E-state index in [9.17, 15) is 14.9 Å². The quantitative estimate of drug-likeness (QED) is 0.0369. The zero-order valence-corrected chi connectivity index (χ0v) is 40.8. The summed E-state index contributed by atoms with van der Waals surface area (Å²) in [6.07, 6.45) is -0.354. The van der Waals surface area contributed by atoms with Gasteiger partial charge >= 0.3 is 5.69 Å². The SMILES string of the molecule is COc1ccc(C(OC[C@H]2O[C@@H](n3cc(COCc4ccccc4)c(NC(=O)c4ccccc4)nc3=O)C[C@@H]2OP(OCCC#N)N(C(C)C)C(C)C)(c2ccccc2)c2ccc(OC)cc2)cc1. The fourth-order valence-electron chi connectivity index (χ4n) is 8.38. The highest BCUT2D eigenvalue weighted by Gasteiger charge is 2.45.